The van der Waals surface area contributed by atoms with Crippen molar-refractivity contribution in [2.75, 3.05) is 5.06 Å². The van der Waals surface area contributed by atoms with E-state index in [0.29, 0.717) is 21.3 Å². The summed E-state index contributed by atoms with van der Waals surface area (Å²) in [6.07, 6.45) is 1.17. The van der Waals surface area contributed by atoms with E-state index in [1.54, 1.807) is 25.1 Å². The maximum Gasteiger partial charge on any atom is 0.250 e. The minimum Gasteiger partial charge on any atom is -0.489 e. The molecule has 2 aromatic carbocycles. The van der Waals surface area contributed by atoms with Crippen LogP contribution in [0.4, 0.5) is 5.69 Å². The van der Waals surface area contributed by atoms with Gasteiger partial charge in [-0.05, 0) is 42.7 Å². The molecule has 0 atom stereocenters. The number of rotatable bonds is 6. The summed E-state index contributed by atoms with van der Waals surface area (Å²) in [5, 5.41) is 11.2. The zero-order valence-electron chi connectivity index (χ0n) is 14.2. The molecule has 0 aromatic heterocycles. The Labute approximate surface area is 147 Å². The molecule has 0 unspecified atom stereocenters. The molecule has 0 saturated carbocycles. The molecule has 0 heterocycles. The Bertz CT molecular complexity index is 731. The van der Waals surface area contributed by atoms with Crippen LogP contribution in [-0.4, -0.2) is 11.1 Å². The summed E-state index contributed by atoms with van der Waals surface area (Å²) >= 11 is 5.99. The quantitative estimate of drug-likeness (QED) is 0.596. The van der Waals surface area contributed by atoms with Crippen molar-refractivity contribution >= 4 is 23.2 Å². The van der Waals surface area contributed by atoms with Crippen molar-refractivity contribution in [3.05, 3.63) is 58.1 Å². The minimum atomic E-state index is -0.401. The maximum atomic E-state index is 11.8. The molecule has 0 aliphatic carbocycles. The highest BCUT2D eigenvalue weighted by Crippen LogP contribution is 2.27. The summed E-state index contributed by atoms with van der Waals surface area (Å²) in [7, 11) is 0. The number of hydrogen-bond acceptors (Lipinski definition) is 3. The predicted molar refractivity (Wildman–Crippen MR) is 95.9 cm³/mol. The number of aryl methyl sites for hydroxylation is 2. The van der Waals surface area contributed by atoms with Gasteiger partial charge >= 0.3 is 0 Å². The number of anilines is 1. The van der Waals surface area contributed by atoms with Crippen LogP contribution in [0.1, 0.15) is 37.0 Å². The Kier molecular flexibility index (Phi) is 6.23. The number of carbonyl (C=O) groups excluding carboxylic acids is 1. The fraction of sp³-hybridized carbons (Fsp3) is 0.316. The molecular weight excluding hydrogens is 326 g/mol. The first-order valence-corrected chi connectivity index (χ1v) is 8.36. The first-order chi connectivity index (χ1) is 11.5. The molecule has 128 valence electrons. The van der Waals surface area contributed by atoms with E-state index in [2.05, 4.69) is 13.0 Å². The van der Waals surface area contributed by atoms with E-state index in [4.69, 9.17) is 16.3 Å². The summed E-state index contributed by atoms with van der Waals surface area (Å²) in [5.41, 5.74) is 3.33. The smallest absolute Gasteiger partial charge is 0.250 e. The van der Waals surface area contributed by atoms with Crippen LogP contribution in [0.3, 0.4) is 0 Å². The number of nitrogens with zero attached hydrogens (tertiary/aromatic N) is 1. The average molecular weight is 348 g/mol. The molecule has 0 radical (unpaired) electrons. The summed E-state index contributed by atoms with van der Waals surface area (Å²) in [6.45, 7) is 6.02. The van der Waals surface area contributed by atoms with E-state index < -0.39 is 5.91 Å². The van der Waals surface area contributed by atoms with Gasteiger partial charge in [-0.1, -0.05) is 43.6 Å². The van der Waals surface area contributed by atoms with Gasteiger partial charge < -0.3 is 4.74 Å². The molecule has 5 heteroatoms. The third-order valence-corrected chi connectivity index (χ3v) is 4.08. The number of halogens is 1. The second-order valence-corrected chi connectivity index (χ2v) is 6.01. The van der Waals surface area contributed by atoms with Crippen molar-refractivity contribution in [3.8, 4) is 5.75 Å². The van der Waals surface area contributed by atoms with Gasteiger partial charge in [-0.3, -0.25) is 10.0 Å². The highest BCUT2D eigenvalue weighted by Gasteiger charge is 2.16. The van der Waals surface area contributed by atoms with Crippen LogP contribution >= 0.6 is 11.6 Å². The fourth-order valence-corrected chi connectivity index (χ4v) is 2.56. The molecule has 2 aromatic rings. The van der Waals surface area contributed by atoms with Crippen LogP contribution in [0.25, 0.3) is 0 Å². The van der Waals surface area contributed by atoms with Gasteiger partial charge in [-0.15, -0.1) is 0 Å². The third-order valence-electron chi connectivity index (χ3n) is 3.84. The Morgan fingerprint density at radius 2 is 1.96 bits per heavy atom. The van der Waals surface area contributed by atoms with Crippen LogP contribution in [0.2, 0.25) is 5.02 Å². The van der Waals surface area contributed by atoms with Gasteiger partial charge in [0.15, 0.2) is 0 Å². The van der Waals surface area contributed by atoms with Gasteiger partial charge in [0.2, 0.25) is 5.91 Å². The van der Waals surface area contributed by atoms with Crippen molar-refractivity contribution in [3.63, 3.8) is 0 Å². The molecule has 1 amide bonds. The van der Waals surface area contributed by atoms with Crippen LogP contribution in [-0.2, 0) is 17.8 Å². The lowest BCUT2D eigenvalue weighted by Gasteiger charge is -2.19. The topological polar surface area (TPSA) is 49.8 Å². The number of benzene rings is 2. The van der Waals surface area contributed by atoms with Crippen LogP contribution < -0.4 is 9.80 Å². The predicted octanol–water partition coefficient (Wildman–Crippen LogP) is 4.92. The van der Waals surface area contributed by atoms with E-state index in [0.717, 1.165) is 17.7 Å². The van der Waals surface area contributed by atoms with Gasteiger partial charge in [0.05, 0.1) is 5.69 Å². The summed E-state index contributed by atoms with van der Waals surface area (Å²) in [6, 6.07) is 11.1. The molecule has 0 saturated heterocycles. The Hall–Kier alpha value is -2.04. The number of hydroxylamine groups is 1. The molecule has 4 nitrogen and oxygen atoms in total. The number of ether oxygens (including phenoxy) is 1. The number of carbonyl (C=O) groups is 1. The van der Waals surface area contributed by atoms with Crippen molar-refractivity contribution in [2.45, 2.75) is 40.2 Å². The first kappa shape index (κ1) is 18.3. The third kappa shape index (κ3) is 4.28. The molecule has 0 aliphatic heterocycles. The SMILES string of the molecule is CCC(=O)N(O)c1cc(Cl)ccc1COc1ccc(CC)cc1C. The largest absolute Gasteiger partial charge is 0.489 e. The standard InChI is InChI=1S/C19H22ClNO3/c1-4-14-6-9-18(13(3)10-14)24-12-15-7-8-16(20)11-17(15)21(23)19(22)5-2/h6-11,23H,4-5,12H2,1-3H3. The lowest BCUT2D eigenvalue weighted by Crippen LogP contribution is -2.27. The Morgan fingerprint density at radius 1 is 1.21 bits per heavy atom. The maximum absolute atomic E-state index is 11.8. The van der Waals surface area contributed by atoms with E-state index in [-0.39, 0.29) is 13.0 Å². The Balaban J connectivity index is 2.22. The molecular formula is C19H22ClNO3. The molecule has 0 fully saturated rings. The molecule has 0 aliphatic rings. The molecule has 0 spiro atoms. The van der Waals surface area contributed by atoms with E-state index >= 15 is 0 Å². The monoisotopic (exact) mass is 347 g/mol. The summed E-state index contributed by atoms with van der Waals surface area (Å²) < 4.78 is 5.87. The van der Waals surface area contributed by atoms with Crippen LogP contribution in [0, 0.1) is 6.92 Å². The van der Waals surface area contributed by atoms with Gasteiger partial charge in [0, 0.05) is 17.0 Å². The molecule has 2 rings (SSSR count). The number of amides is 1. The van der Waals surface area contributed by atoms with Crippen molar-refractivity contribution < 1.29 is 14.7 Å². The van der Waals surface area contributed by atoms with Gasteiger partial charge in [0.1, 0.15) is 12.4 Å². The van der Waals surface area contributed by atoms with Gasteiger partial charge in [-0.25, -0.2) is 0 Å². The summed E-state index contributed by atoms with van der Waals surface area (Å²) in [5.74, 6) is 0.376. The molecule has 1 N–H and O–H groups in total. The zero-order chi connectivity index (χ0) is 17.7. The summed E-state index contributed by atoms with van der Waals surface area (Å²) in [4.78, 5) is 11.8. The minimum absolute atomic E-state index is 0.195. The zero-order valence-corrected chi connectivity index (χ0v) is 14.9. The van der Waals surface area contributed by atoms with Crippen LogP contribution in [0.5, 0.6) is 5.75 Å². The second-order valence-electron chi connectivity index (χ2n) is 5.57. The van der Waals surface area contributed by atoms with E-state index in [1.165, 1.54) is 5.56 Å². The number of hydrogen-bond donors (Lipinski definition) is 1. The molecule has 0 bridgehead atoms. The average Bonchev–Trinajstić information content (AvgIpc) is 2.59. The van der Waals surface area contributed by atoms with E-state index in [1.807, 2.05) is 19.1 Å². The van der Waals surface area contributed by atoms with Crippen molar-refractivity contribution in [1.82, 2.24) is 0 Å². The normalized spacial score (nSPS) is 10.5. The van der Waals surface area contributed by atoms with Crippen LogP contribution in [0.15, 0.2) is 36.4 Å². The first-order valence-electron chi connectivity index (χ1n) is 7.98. The lowest BCUT2D eigenvalue weighted by molar-refractivity contribution is -0.123. The van der Waals surface area contributed by atoms with E-state index in [9.17, 15) is 10.0 Å². The fourth-order valence-electron chi connectivity index (χ4n) is 2.39. The highest BCUT2D eigenvalue weighted by atomic mass is 35.5. The van der Waals surface area contributed by atoms with Crippen molar-refractivity contribution in [1.29, 1.82) is 0 Å². The van der Waals surface area contributed by atoms with Gasteiger partial charge in [-0.2, -0.15) is 5.06 Å². The molecule has 24 heavy (non-hydrogen) atoms. The lowest BCUT2D eigenvalue weighted by atomic mass is 10.1. The second kappa shape index (κ2) is 8.18. The highest BCUT2D eigenvalue weighted by molar-refractivity contribution is 6.31. The van der Waals surface area contributed by atoms with Crippen molar-refractivity contribution in [2.24, 2.45) is 0 Å². The Morgan fingerprint density at radius 3 is 2.58 bits per heavy atom. The van der Waals surface area contributed by atoms with Gasteiger partial charge in [0.25, 0.3) is 0 Å².